The first-order chi connectivity index (χ1) is 15.0. The van der Waals surface area contributed by atoms with Crippen molar-refractivity contribution in [3.05, 3.63) is 70.3 Å². The van der Waals surface area contributed by atoms with Crippen molar-refractivity contribution in [2.75, 3.05) is 37.6 Å². The number of hydrogen-bond donors (Lipinski definition) is 1. The number of halogens is 1. The van der Waals surface area contributed by atoms with Crippen LogP contribution in [0.15, 0.2) is 54.1 Å². The van der Waals surface area contributed by atoms with Gasteiger partial charge in [0.15, 0.2) is 0 Å². The van der Waals surface area contributed by atoms with Gasteiger partial charge in [0.05, 0.1) is 5.56 Å². The van der Waals surface area contributed by atoms with E-state index in [4.69, 9.17) is 16.7 Å². The largest absolute Gasteiger partial charge is 0.478 e. The van der Waals surface area contributed by atoms with Gasteiger partial charge in [-0.3, -0.25) is 4.90 Å². The molecule has 0 atom stereocenters. The molecule has 5 heteroatoms. The van der Waals surface area contributed by atoms with Crippen molar-refractivity contribution in [2.24, 2.45) is 5.41 Å². The number of nitrogens with zero attached hydrogens (tertiary/aromatic N) is 2. The number of aromatic carboxylic acids is 1. The summed E-state index contributed by atoms with van der Waals surface area (Å²) in [5, 5.41) is 9.90. The first-order valence-electron chi connectivity index (χ1n) is 11.3. The zero-order valence-corrected chi connectivity index (χ0v) is 18.6. The molecule has 1 aliphatic heterocycles. The monoisotopic (exact) mass is 436 g/mol. The second-order valence-corrected chi connectivity index (χ2v) is 9.82. The normalized spacial score (nSPS) is 20.9. The van der Waals surface area contributed by atoms with E-state index in [0.717, 1.165) is 43.4 Å². The Hall–Kier alpha value is -2.30. The van der Waals surface area contributed by atoms with Gasteiger partial charge in [-0.2, -0.15) is 0 Å². The average molecular weight is 437 g/mol. The zero-order chi connectivity index (χ0) is 21.4. The molecule has 0 bridgehead atoms. The Labute approximate surface area is 189 Å². The summed E-state index contributed by atoms with van der Waals surface area (Å²) in [5.74, 6) is -0.873. The second-order valence-electron chi connectivity index (χ2n) is 9.38. The fourth-order valence-corrected chi connectivity index (χ4v) is 5.34. The molecule has 31 heavy (non-hydrogen) atoms. The molecule has 3 aliphatic rings. The van der Waals surface area contributed by atoms with E-state index >= 15 is 0 Å². The average Bonchev–Trinajstić information content (AvgIpc) is 3.54. The minimum atomic E-state index is -0.873. The van der Waals surface area contributed by atoms with Crippen molar-refractivity contribution in [1.82, 2.24) is 4.90 Å². The van der Waals surface area contributed by atoms with E-state index < -0.39 is 5.97 Å². The van der Waals surface area contributed by atoms with Crippen molar-refractivity contribution < 1.29 is 9.90 Å². The minimum absolute atomic E-state index is 0.343. The molecule has 5 rings (SSSR count). The molecule has 0 radical (unpaired) electrons. The minimum Gasteiger partial charge on any atom is -0.478 e. The third-order valence-electron chi connectivity index (χ3n) is 7.34. The highest BCUT2D eigenvalue weighted by molar-refractivity contribution is 6.30. The zero-order valence-electron chi connectivity index (χ0n) is 17.8. The predicted octanol–water partition coefficient (Wildman–Crippen LogP) is 5.58. The van der Waals surface area contributed by atoms with E-state index in [1.165, 1.54) is 37.7 Å². The van der Waals surface area contributed by atoms with Crippen LogP contribution in [0.2, 0.25) is 5.02 Å². The van der Waals surface area contributed by atoms with Crippen LogP contribution in [0.4, 0.5) is 5.69 Å². The van der Waals surface area contributed by atoms with Gasteiger partial charge in [-0.15, -0.1) is 0 Å². The summed E-state index contributed by atoms with van der Waals surface area (Å²) in [7, 11) is 0. The van der Waals surface area contributed by atoms with E-state index in [9.17, 15) is 4.79 Å². The van der Waals surface area contributed by atoms with E-state index in [0.29, 0.717) is 11.0 Å². The van der Waals surface area contributed by atoms with E-state index in [-0.39, 0.29) is 0 Å². The molecule has 2 aromatic rings. The van der Waals surface area contributed by atoms with Gasteiger partial charge < -0.3 is 10.0 Å². The van der Waals surface area contributed by atoms with Crippen LogP contribution in [-0.4, -0.2) is 48.7 Å². The molecule has 162 valence electrons. The molecule has 2 aliphatic carbocycles. The van der Waals surface area contributed by atoms with Crippen molar-refractivity contribution in [2.45, 2.75) is 32.1 Å². The van der Waals surface area contributed by atoms with Crippen molar-refractivity contribution in [3.63, 3.8) is 0 Å². The lowest BCUT2D eigenvalue weighted by Crippen LogP contribution is -2.47. The van der Waals surface area contributed by atoms with Crippen LogP contribution in [0.3, 0.4) is 0 Å². The number of allylic oxidation sites excluding steroid dienone is 1. The fourth-order valence-electron chi connectivity index (χ4n) is 5.22. The maximum Gasteiger partial charge on any atom is 0.335 e. The van der Waals surface area contributed by atoms with Crippen molar-refractivity contribution >= 4 is 28.8 Å². The maximum atomic E-state index is 11.1. The van der Waals surface area contributed by atoms with Crippen molar-refractivity contribution in [3.8, 4) is 0 Å². The third-order valence-corrected chi connectivity index (χ3v) is 7.59. The second kappa shape index (κ2) is 8.33. The van der Waals surface area contributed by atoms with Gasteiger partial charge in [0.25, 0.3) is 0 Å². The Balaban J connectivity index is 1.27. The number of carbonyl (C=O) groups is 1. The van der Waals surface area contributed by atoms with Crippen LogP contribution in [0.25, 0.3) is 5.57 Å². The Morgan fingerprint density at radius 3 is 2.23 bits per heavy atom. The molecular formula is C26H29ClN2O2. The quantitative estimate of drug-likeness (QED) is 0.664. The summed E-state index contributed by atoms with van der Waals surface area (Å²) < 4.78 is 0. The van der Waals surface area contributed by atoms with Gasteiger partial charge in [-0.05, 0) is 85.1 Å². The predicted molar refractivity (Wildman–Crippen MR) is 126 cm³/mol. The lowest BCUT2D eigenvalue weighted by atomic mass is 9.79. The summed E-state index contributed by atoms with van der Waals surface area (Å²) in [5.41, 5.74) is 6.56. The molecule has 1 N–H and O–H groups in total. The van der Waals surface area contributed by atoms with E-state index in [1.807, 2.05) is 24.3 Å². The first kappa shape index (κ1) is 20.6. The number of anilines is 1. The Bertz CT molecular complexity index is 985. The van der Waals surface area contributed by atoms with Crippen LogP contribution < -0.4 is 4.90 Å². The van der Waals surface area contributed by atoms with Crippen LogP contribution >= 0.6 is 11.6 Å². The highest BCUT2D eigenvalue weighted by Gasteiger charge is 2.45. The Morgan fingerprint density at radius 1 is 0.935 bits per heavy atom. The Morgan fingerprint density at radius 2 is 1.61 bits per heavy atom. The van der Waals surface area contributed by atoms with Gasteiger partial charge >= 0.3 is 5.97 Å². The van der Waals surface area contributed by atoms with E-state index in [2.05, 4.69) is 21.9 Å². The molecule has 1 heterocycles. The maximum absolute atomic E-state index is 11.1. The summed E-state index contributed by atoms with van der Waals surface area (Å²) in [6.07, 6.45) is 6.55. The SMILES string of the molecule is O=C(O)c1ccc(N2CCN(CC3=C(c4ccc(Cl)cc4)CCC4(CC4)C3)CC2)cc1. The highest BCUT2D eigenvalue weighted by Crippen LogP contribution is 2.58. The lowest BCUT2D eigenvalue weighted by Gasteiger charge is -2.38. The molecular weight excluding hydrogens is 408 g/mol. The fraction of sp³-hybridized carbons (Fsp3) is 0.423. The van der Waals surface area contributed by atoms with Crippen LogP contribution in [0.1, 0.15) is 48.0 Å². The van der Waals surface area contributed by atoms with Gasteiger partial charge in [0, 0.05) is 43.4 Å². The standard InChI is InChI=1S/C26H29ClN2O2/c27-22-5-1-19(2-6-22)24-9-10-26(11-12-26)17-21(24)18-28-13-15-29(16-14-28)23-7-3-20(4-8-23)25(30)31/h1-8H,9-18H2,(H,30,31). The highest BCUT2D eigenvalue weighted by atomic mass is 35.5. The number of benzene rings is 2. The molecule has 0 unspecified atom stereocenters. The Kier molecular flexibility index (Phi) is 5.53. The molecule has 1 spiro atoms. The first-order valence-corrected chi connectivity index (χ1v) is 11.7. The van der Waals surface area contributed by atoms with Crippen LogP contribution in [0.5, 0.6) is 0 Å². The van der Waals surface area contributed by atoms with E-state index in [1.54, 1.807) is 23.3 Å². The molecule has 0 aromatic heterocycles. The molecule has 0 amide bonds. The summed E-state index contributed by atoms with van der Waals surface area (Å²) >= 11 is 6.13. The topological polar surface area (TPSA) is 43.8 Å². The van der Waals surface area contributed by atoms with Gasteiger partial charge in [0.2, 0.25) is 0 Å². The number of hydrogen-bond acceptors (Lipinski definition) is 3. The number of rotatable bonds is 5. The van der Waals surface area contributed by atoms with Crippen LogP contribution in [0, 0.1) is 5.41 Å². The summed E-state index contributed by atoms with van der Waals surface area (Å²) in [4.78, 5) is 16.0. The number of carboxylic acid groups (broad SMARTS) is 1. The molecule has 4 nitrogen and oxygen atoms in total. The summed E-state index contributed by atoms with van der Waals surface area (Å²) in [6.45, 7) is 5.07. The van der Waals surface area contributed by atoms with Gasteiger partial charge in [-0.25, -0.2) is 4.79 Å². The van der Waals surface area contributed by atoms with Crippen LogP contribution in [-0.2, 0) is 0 Å². The number of piperazine rings is 1. The van der Waals surface area contributed by atoms with Gasteiger partial charge in [0.1, 0.15) is 0 Å². The molecule has 2 aromatic carbocycles. The number of carboxylic acids is 1. The third kappa shape index (κ3) is 4.51. The molecule has 1 saturated carbocycles. The molecule has 2 fully saturated rings. The molecule has 1 saturated heterocycles. The van der Waals surface area contributed by atoms with Gasteiger partial charge in [-0.1, -0.05) is 29.3 Å². The van der Waals surface area contributed by atoms with Crippen molar-refractivity contribution in [1.29, 1.82) is 0 Å². The summed E-state index contributed by atoms with van der Waals surface area (Å²) in [6, 6.07) is 15.6. The lowest BCUT2D eigenvalue weighted by molar-refractivity contribution is 0.0697. The smallest absolute Gasteiger partial charge is 0.335 e.